The smallest absolute Gasteiger partial charge is 0.308 e. The quantitative estimate of drug-likeness (QED) is 0.343. The Morgan fingerprint density at radius 3 is 2.50 bits per heavy atom. The Hall–Kier alpha value is -2.65. The van der Waals surface area contributed by atoms with Gasteiger partial charge in [-0.15, -0.1) is 0 Å². The molecule has 0 atom stereocenters. The second-order valence-electron chi connectivity index (χ2n) is 8.99. The van der Waals surface area contributed by atoms with Crippen LogP contribution >= 0.6 is 0 Å². The number of nitrogens with one attached hydrogen (secondary N) is 1. The molecule has 34 heavy (non-hydrogen) atoms. The molecule has 0 aliphatic carbocycles. The van der Waals surface area contributed by atoms with E-state index in [2.05, 4.69) is 5.32 Å². The molecule has 0 saturated carbocycles. The van der Waals surface area contributed by atoms with Gasteiger partial charge in [0.25, 0.3) is 5.91 Å². The molecule has 1 aliphatic rings. The van der Waals surface area contributed by atoms with Crippen molar-refractivity contribution in [1.82, 2.24) is 5.32 Å². The number of nitrogens with zero attached hydrogens (tertiary/aromatic N) is 1. The minimum atomic E-state index is -0.492. The second-order valence-corrected chi connectivity index (χ2v) is 8.99. The topological polar surface area (TPSA) is 103 Å². The lowest BCUT2D eigenvalue weighted by molar-refractivity contribution is -0.156. The Kier molecular flexibility index (Phi) is 11.3. The van der Waals surface area contributed by atoms with E-state index >= 15 is 0 Å². The zero-order valence-corrected chi connectivity index (χ0v) is 20.8. The van der Waals surface area contributed by atoms with E-state index in [0.29, 0.717) is 38.5 Å². The SMILES string of the molecule is CCC(=O)N1CCCc2cc(OCC(=O)NCCOCCOCCC(=O)OC(C)(C)C)ccc21. The number of ether oxygens (including phenoxy) is 4. The Morgan fingerprint density at radius 2 is 1.79 bits per heavy atom. The van der Waals surface area contributed by atoms with Crippen molar-refractivity contribution in [2.45, 2.75) is 59.0 Å². The Morgan fingerprint density at radius 1 is 1.06 bits per heavy atom. The van der Waals surface area contributed by atoms with Crippen molar-refractivity contribution in [3.05, 3.63) is 23.8 Å². The number of rotatable bonds is 13. The highest BCUT2D eigenvalue weighted by Crippen LogP contribution is 2.31. The highest BCUT2D eigenvalue weighted by atomic mass is 16.6. The van der Waals surface area contributed by atoms with E-state index in [-0.39, 0.29) is 37.4 Å². The molecular weight excluding hydrogens is 440 g/mol. The van der Waals surface area contributed by atoms with Gasteiger partial charge in [-0.1, -0.05) is 6.92 Å². The van der Waals surface area contributed by atoms with Crippen LogP contribution in [0.2, 0.25) is 0 Å². The lowest BCUT2D eigenvalue weighted by atomic mass is 10.0. The monoisotopic (exact) mass is 478 g/mol. The van der Waals surface area contributed by atoms with Crippen LogP contribution in [0.5, 0.6) is 5.75 Å². The fourth-order valence-electron chi connectivity index (χ4n) is 3.45. The summed E-state index contributed by atoms with van der Waals surface area (Å²) in [4.78, 5) is 37.5. The molecule has 190 valence electrons. The molecule has 1 aliphatic heterocycles. The fraction of sp³-hybridized carbons (Fsp3) is 0.640. The highest BCUT2D eigenvalue weighted by Gasteiger charge is 2.21. The van der Waals surface area contributed by atoms with Crippen LogP contribution in [0.3, 0.4) is 0 Å². The third kappa shape index (κ3) is 10.1. The van der Waals surface area contributed by atoms with Crippen molar-refractivity contribution >= 4 is 23.5 Å². The van der Waals surface area contributed by atoms with Crippen LogP contribution in [0.25, 0.3) is 0 Å². The van der Waals surface area contributed by atoms with Gasteiger partial charge in [0.05, 0.1) is 32.8 Å². The minimum absolute atomic E-state index is 0.0931. The first kappa shape index (κ1) is 27.6. The molecule has 0 saturated heterocycles. The summed E-state index contributed by atoms with van der Waals surface area (Å²) in [5.74, 6) is 0.197. The van der Waals surface area contributed by atoms with Gasteiger partial charge in [0.1, 0.15) is 11.4 Å². The molecule has 1 heterocycles. The molecule has 0 aromatic heterocycles. The lowest BCUT2D eigenvalue weighted by Gasteiger charge is -2.29. The first-order valence-electron chi connectivity index (χ1n) is 11.9. The number of amides is 2. The summed E-state index contributed by atoms with van der Waals surface area (Å²) in [6, 6.07) is 5.58. The summed E-state index contributed by atoms with van der Waals surface area (Å²) in [5, 5.41) is 2.74. The fourth-order valence-corrected chi connectivity index (χ4v) is 3.45. The van der Waals surface area contributed by atoms with Crippen molar-refractivity contribution in [2.24, 2.45) is 0 Å². The highest BCUT2D eigenvalue weighted by molar-refractivity contribution is 5.94. The van der Waals surface area contributed by atoms with Crippen LogP contribution in [-0.2, 0) is 35.0 Å². The Labute approximate surface area is 202 Å². The van der Waals surface area contributed by atoms with Gasteiger partial charge in [-0.3, -0.25) is 14.4 Å². The summed E-state index contributed by atoms with van der Waals surface area (Å²) in [6.07, 6.45) is 2.47. The van der Waals surface area contributed by atoms with Crippen molar-refractivity contribution in [3.63, 3.8) is 0 Å². The van der Waals surface area contributed by atoms with Crippen molar-refractivity contribution in [1.29, 1.82) is 0 Å². The average molecular weight is 479 g/mol. The predicted molar refractivity (Wildman–Crippen MR) is 128 cm³/mol. The van der Waals surface area contributed by atoms with Gasteiger partial charge < -0.3 is 29.2 Å². The molecule has 0 bridgehead atoms. The molecular formula is C25H38N2O7. The van der Waals surface area contributed by atoms with Gasteiger partial charge >= 0.3 is 5.97 Å². The number of hydrogen-bond donors (Lipinski definition) is 1. The molecule has 0 fully saturated rings. The molecule has 1 aromatic rings. The molecule has 2 rings (SSSR count). The maximum Gasteiger partial charge on any atom is 0.308 e. The summed E-state index contributed by atoms with van der Waals surface area (Å²) in [5.41, 5.74) is 1.50. The first-order valence-corrected chi connectivity index (χ1v) is 11.9. The minimum Gasteiger partial charge on any atom is -0.484 e. The number of carbonyl (C=O) groups is 3. The lowest BCUT2D eigenvalue weighted by Crippen LogP contribution is -2.35. The molecule has 0 radical (unpaired) electrons. The normalized spacial score (nSPS) is 13.2. The molecule has 2 amide bonds. The van der Waals surface area contributed by atoms with E-state index in [1.54, 1.807) is 6.07 Å². The molecule has 1 aromatic carbocycles. The number of benzene rings is 1. The van der Waals surface area contributed by atoms with Crippen LogP contribution in [0.4, 0.5) is 5.69 Å². The molecule has 9 nitrogen and oxygen atoms in total. The number of carbonyl (C=O) groups excluding carboxylic acids is 3. The number of esters is 1. The van der Waals surface area contributed by atoms with Gasteiger partial charge in [0.15, 0.2) is 6.61 Å². The number of fused-ring (bicyclic) bond motifs is 1. The Balaban J connectivity index is 1.55. The van der Waals surface area contributed by atoms with Crippen molar-refractivity contribution < 1.29 is 33.3 Å². The molecule has 9 heteroatoms. The molecule has 0 unspecified atom stereocenters. The summed E-state index contributed by atoms with van der Waals surface area (Å²) in [7, 11) is 0. The van der Waals surface area contributed by atoms with Gasteiger partial charge in [-0.25, -0.2) is 0 Å². The van der Waals surface area contributed by atoms with E-state index < -0.39 is 5.60 Å². The van der Waals surface area contributed by atoms with Gasteiger partial charge in [-0.2, -0.15) is 0 Å². The third-order valence-electron chi connectivity index (χ3n) is 4.95. The zero-order chi connectivity index (χ0) is 25.0. The predicted octanol–water partition coefficient (Wildman–Crippen LogP) is 2.64. The largest absolute Gasteiger partial charge is 0.484 e. The summed E-state index contributed by atoms with van der Waals surface area (Å²) < 4.78 is 21.6. The first-order chi connectivity index (χ1) is 16.2. The van der Waals surface area contributed by atoms with Gasteiger partial charge in [-0.05, 0) is 57.4 Å². The third-order valence-corrected chi connectivity index (χ3v) is 4.95. The zero-order valence-electron chi connectivity index (χ0n) is 20.8. The summed E-state index contributed by atoms with van der Waals surface area (Å²) >= 11 is 0. The van der Waals surface area contributed by atoms with Gasteiger partial charge in [0, 0.05) is 25.2 Å². The maximum atomic E-state index is 12.1. The van der Waals surface area contributed by atoms with Crippen LogP contribution in [0, 0.1) is 0 Å². The maximum absolute atomic E-state index is 12.1. The second kappa shape index (κ2) is 13.9. The standard InChI is InChI=1S/C25H38N2O7/c1-5-23(29)27-12-6-7-19-17-20(8-9-21(19)27)33-18-22(28)26-11-14-32-16-15-31-13-10-24(30)34-25(2,3)4/h8-9,17H,5-7,10-16,18H2,1-4H3,(H,26,28). The number of anilines is 1. The van der Waals surface area contributed by atoms with Crippen LogP contribution in [-0.4, -0.2) is 69.5 Å². The van der Waals surface area contributed by atoms with E-state index in [1.165, 1.54) is 0 Å². The Bertz CT molecular complexity index is 820. The van der Waals surface area contributed by atoms with E-state index in [1.807, 2.05) is 44.7 Å². The van der Waals surface area contributed by atoms with Gasteiger partial charge in [0.2, 0.25) is 5.91 Å². The average Bonchev–Trinajstić information content (AvgIpc) is 2.79. The number of hydrogen-bond acceptors (Lipinski definition) is 7. The van der Waals surface area contributed by atoms with Crippen molar-refractivity contribution in [3.8, 4) is 5.75 Å². The molecule has 1 N–H and O–H groups in total. The van der Waals surface area contributed by atoms with E-state index in [9.17, 15) is 14.4 Å². The molecule has 0 spiro atoms. The van der Waals surface area contributed by atoms with Crippen LogP contribution in [0.1, 0.15) is 52.5 Å². The van der Waals surface area contributed by atoms with E-state index in [4.69, 9.17) is 18.9 Å². The van der Waals surface area contributed by atoms with E-state index in [0.717, 1.165) is 30.6 Å². The summed E-state index contributed by atoms with van der Waals surface area (Å²) in [6.45, 7) is 9.69. The van der Waals surface area contributed by atoms with Crippen molar-refractivity contribution in [2.75, 3.05) is 51.0 Å². The van der Waals surface area contributed by atoms with Crippen LogP contribution in [0.15, 0.2) is 18.2 Å². The van der Waals surface area contributed by atoms with Crippen LogP contribution < -0.4 is 15.0 Å². The number of aryl methyl sites for hydroxylation is 1.